The average Bonchev–Trinajstić information content (AvgIpc) is 3.47. The van der Waals surface area contributed by atoms with Crippen LogP contribution in [0.25, 0.3) is 22.3 Å². The first-order chi connectivity index (χ1) is 37.2. The standard InChI is InChI=1S/C22H31F3O.C21H15F5O.C20H13F5O/c1-14-4-6-17(7-5-14)18-8-10-19(11-9-18)22(24,25)26-20-12-15(2)16(3)21(23)13-20;1-12-3-6-14(7-4-12)15-9-18(23)20(19(24)10-15)21(25,26)27-16-8-5-13(2)17(22)11-16;1-12-7-8-15(11-16(12)21)26-20(24,25)19-17(22)9-14(10-18(19)23)13-5-3-2-4-6-13/h12-14,17-19H,4-11H2,1-3H3;3-11H,1-2H3;2-11H,1H3. The monoisotopic (exact) mass is 1110 g/mol. The Kier molecular flexibility index (Phi) is 18.9. The average molecular weight is 1110 g/mol. The predicted molar refractivity (Wildman–Crippen MR) is 278 cm³/mol. The Morgan fingerprint density at radius 1 is 0.367 bits per heavy atom. The van der Waals surface area contributed by atoms with Crippen LogP contribution in [0.4, 0.5) is 57.1 Å². The third-order valence-corrected chi connectivity index (χ3v) is 14.7. The highest BCUT2D eigenvalue weighted by Gasteiger charge is 2.46. The van der Waals surface area contributed by atoms with Gasteiger partial charge in [0.1, 0.15) is 69.1 Å². The lowest BCUT2D eigenvalue weighted by Gasteiger charge is -2.38. The van der Waals surface area contributed by atoms with E-state index in [0.29, 0.717) is 41.0 Å². The van der Waals surface area contributed by atoms with E-state index in [0.717, 1.165) is 84.8 Å². The molecule has 0 radical (unpaired) electrons. The minimum Gasteiger partial charge on any atom is -0.432 e. The number of ether oxygens (including phenoxy) is 3. The van der Waals surface area contributed by atoms with E-state index < -0.39 is 87.6 Å². The van der Waals surface area contributed by atoms with E-state index in [2.05, 4.69) is 16.4 Å². The summed E-state index contributed by atoms with van der Waals surface area (Å²) in [5, 5.41) is 0. The van der Waals surface area contributed by atoms with Gasteiger partial charge in [-0.1, -0.05) is 92.1 Å². The molecule has 0 amide bonds. The molecule has 0 N–H and O–H groups in total. The minimum absolute atomic E-state index is 0.0704. The molecule has 2 aliphatic carbocycles. The Bertz CT molecular complexity index is 3130. The van der Waals surface area contributed by atoms with E-state index >= 15 is 0 Å². The number of benzene rings is 7. The van der Waals surface area contributed by atoms with Crippen molar-refractivity contribution in [2.75, 3.05) is 0 Å². The molecular formula is C63H59F13O3. The van der Waals surface area contributed by atoms with Gasteiger partial charge >= 0.3 is 18.3 Å². The predicted octanol–water partition coefficient (Wildman–Crippen LogP) is 19.8. The molecule has 9 rings (SSSR count). The molecule has 0 atom stereocenters. The fraction of sp³-hybridized carbons (Fsp3) is 0.333. The molecule has 7 aromatic rings. The van der Waals surface area contributed by atoms with Gasteiger partial charge in [-0.3, -0.25) is 0 Å². The van der Waals surface area contributed by atoms with Crippen molar-refractivity contribution in [3.8, 4) is 39.5 Å². The third kappa shape index (κ3) is 15.0. The molecule has 0 spiro atoms. The van der Waals surface area contributed by atoms with Crippen molar-refractivity contribution in [3.05, 3.63) is 207 Å². The number of rotatable bonds is 12. The zero-order valence-corrected chi connectivity index (χ0v) is 44.2. The van der Waals surface area contributed by atoms with Crippen LogP contribution in [0.2, 0.25) is 0 Å². The Balaban J connectivity index is 0.000000172. The maximum Gasteiger partial charge on any atom is 0.432 e. The first kappa shape index (κ1) is 59.7. The summed E-state index contributed by atoms with van der Waals surface area (Å²) in [7, 11) is 0. The highest BCUT2D eigenvalue weighted by atomic mass is 19.3. The molecule has 2 fully saturated rings. The summed E-state index contributed by atoms with van der Waals surface area (Å²) >= 11 is 0. The summed E-state index contributed by atoms with van der Waals surface area (Å²) in [4.78, 5) is 0. The van der Waals surface area contributed by atoms with Crippen molar-refractivity contribution in [3.63, 3.8) is 0 Å². The SMILES string of the molecule is Cc1cc(OC(F)(F)C2CCC(C3CCC(C)CC3)CC2)cc(F)c1C.Cc1ccc(-c2cc(F)c(C(F)(F)Oc3ccc(C)c(F)c3)c(F)c2)cc1.Cc1ccc(OC(F)(F)c2c(F)cc(-c3ccccc3)cc2F)cc1F. The van der Waals surface area contributed by atoms with Gasteiger partial charge in [0.05, 0.1) is 5.92 Å². The van der Waals surface area contributed by atoms with Gasteiger partial charge < -0.3 is 14.2 Å². The van der Waals surface area contributed by atoms with Crippen LogP contribution in [0.3, 0.4) is 0 Å². The second-order valence-corrected chi connectivity index (χ2v) is 20.6. The van der Waals surface area contributed by atoms with Crippen LogP contribution >= 0.6 is 0 Å². The molecule has 16 heteroatoms. The van der Waals surface area contributed by atoms with E-state index in [4.69, 9.17) is 4.74 Å². The van der Waals surface area contributed by atoms with Crippen LogP contribution in [0, 0.1) is 99.0 Å². The second kappa shape index (κ2) is 25.0. The number of halogens is 13. The summed E-state index contributed by atoms with van der Waals surface area (Å²) in [6.45, 7) is 10.4. The molecule has 0 unspecified atom stereocenters. The Labute approximate surface area is 451 Å². The molecular weight excluding hydrogens is 1050 g/mol. The molecule has 7 aromatic carbocycles. The Morgan fingerprint density at radius 2 is 0.772 bits per heavy atom. The highest BCUT2D eigenvalue weighted by molar-refractivity contribution is 5.65. The van der Waals surface area contributed by atoms with E-state index in [-0.39, 0.29) is 28.0 Å². The van der Waals surface area contributed by atoms with Gasteiger partial charge in [0.25, 0.3) is 0 Å². The summed E-state index contributed by atoms with van der Waals surface area (Å²) in [6.07, 6.45) is -4.07. The van der Waals surface area contributed by atoms with Gasteiger partial charge in [-0.15, -0.1) is 0 Å². The number of aryl methyl sites for hydroxylation is 4. The highest BCUT2D eigenvalue weighted by Crippen LogP contribution is 2.46. The van der Waals surface area contributed by atoms with Crippen LogP contribution in [-0.2, 0) is 12.2 Å². The lowest BCUT2D eigenvalue weighted by atomic mass is 9.69. The van der Waals surface area contributed by atoms with Crippen molar-refractivity contribution < 1.29 is 71.3 Å². The van der Waals surface area contributed by atoms with Crippen molar-refractivity contribution in [2.24, 2.45) is 23.7 Å². The first-order valence-corrected chi connectivity index (χ1v) is 25.8. The molecule has 0 aliphatic heterocycles. The number of hydrogen-bond donors (Lipinski definition) is 0. The van der Waals surface area contributed by atoms with Gasteiger partial charge in [0.15, 0.2) is 0 Å². The van der Waals surface area contributed by atoms with Crippen LogP contribution in [-0.4, -0.2) is 6.11 Å². The van der Waals surface area contributed by atoms with Crippen molar-refractivity contribution in [1.82, 2.24) is 0 Å². The van der Waals surface area contributed by atoms with Crippen LogP contribution < -0.4 is 14.2 Å². The number of alkyl halides is 6. The molecule has 0 saturated heterocycles. The molecule has 79 heavy (non-hydrogen) atoms. The third-order valence-electron chi connectivity index (χ3n) is 14.7. The van der Waals surface area contributed by atoms with Crippen LogP contribution in [0.15, 0.2) is 127 Å². The van der Waals surface area contributed by atoms with Gasteiger partial charge in [0.2, 0.25) is 0 Å². The number of hydrogen-bond acceptors (Lipinski definition) is 3. The maximum atomic E-state index is 14.6. The van der Waals surface area contributed by atoms with Crippen LogP contribution in [0.5, 0.6) is 17.2 Å². The molecule has 0 aromatic heterocycles. The van der Waals surface area contributed by atoms with Crippen molar-refractivity contribution in [2.45, 2.75) is 111 Å². The van der Waals surface area contributed by atoms with E-state index in [1.54, 1.807) is 68.4 Å². The van der Waals surface area contributed by atoms with Gasteiger partial charge in [-0.2, -0.15) is 26.3 Å². The topological polar surface area (TPSA) is 27.7 Å². The lowest BCUT2D eigenvalue weighted by Crippen LogP contribution is -2.38. The zero-order chi connectivity index (χ0) is 57.6. The van der Waals surface area contributed by atoms with Gasteiger partial charge in [-0.05, 0) is 178 Å². The molecule has 3 nitrogen and oxygen atoms in total. The molecule has 0 bridgehead atoms. The quantitative estimate of drug-likeness (QED) is 0.114. The van der Waals surface area contributed by atoms with E-state index in [1.807, 2.05) is 6.92 Å². The summed E-state index contributed by atoms with van der Waals surface area (Å²) < 4.78 is 198. The molecule has 2 aliphatic rings. The zero-order valence-electron chi connectivity index (χ0n) is 44.2. The van der Waals surface area contributed by atoms with Crippen molar-refractivity contribution in [1.29, 1.82) is 0 Å². The molecule has 0 heterocycles. The van der Waals surface area contributed by atoms with Gasteiger partial charge in [-0.25, -0.2) is 30.7 Å². The van der Waals surface area contributed by atoms with E-state index in [9.17, 15) is 57.1 Å². The maximum absolute atomic E-state index is 14.6. The van der Waals surface area contributed by atoms with E-state index in [1.165, 1.54) is 57.7 Å². The molecule has 420 valence electrons. The first-order valence-electron chi connectivity index (χ1n) is 25.8. The van der Waals surface area contributed by atoms with Crippen molar-refractivity contribution >= 4 is 0 Å². The second-order valence-electron chi connectivity index (χ2n) is 20.6. The largest absolute Gasteiger partial charge is 0.432 e. The lowest BCUT2D eigenvalue weighted by molar-refractivity contribution is -0.224. The van der Waals surface area contributed by atoms with Crippen LogP contribution in [0.1, 0.15) is 97.2 Å². The minimum atomic E-state index is -4.32. The molecule has 2 saturated carbocycles. The fourth-order valence-corrected chi connectivity index (χ4v) is 9.85. The Hall–Kier alpha value is -6.97. The van der Waals surface area contributed by atoms with Gasteiger partial charge in [0, 0.05) is 18.2 Å². The smallest absolute Gasteiger partial charge is 0.432 e. The summed E-state index contributed by atoms with van der Waals surface area (Å²) in [6, 6.07) is 26.9. The normalized spacial score (nSPS) is 17.7. The summed E-state index contributed by atoms with van der Waals surface area (Å²) in [5.41, 5.74) is 0.632. The summed E-state index contributed by atoms with van der Waals surface area (Å²) in [5.74, 6) is -7.64. The Morgan fingerprint density at radius 3 is 1.19 bits per heavy atom. The fourth-order valence-electron chi connectivity index (χ4n) is 9.85.